The van der Waals surface area contributed by atoms with Gasteiger partial charge in [0, 0.05) is 22.0 Å². The quantitative estimate of drug-likeness (QED) is 0.879. The number of hydrogen-bond donors (Lipinski definition) is 1. The van der Waals surface area contributed by atoms with Crippen molar-refractivity contribution in [3.63, 3.8) is 0 Å². The Morgan fingerprint density at radius 3 is 2.42 bits per heavy atom. The molecule has 1 aromatic heterocycles. The van der Waals surface area contributed by atoms with Gasteiger partial charge < -0.3 is 9.88 Å². The fraction of sp³-hybridized carbons (Fsp3) is 0.529. The van der Waals surface area contributed by atoms with Gasteiger partial charge >= 0.3 is 0 Å². The maximum absolute atomic E-state index is 3.63. The van der Waals surface area contributed by atoms with Crippen molar-refractivity contribution in [2.24, 2.45) is 0 Å². The number of aryl methyl sites for hydroxylation is 1. The van der Waals surface area contributed by atoms with E-state index >= 15 is 0 Å². The van der Waals surface area contributed by atoms with Gasteiger partial charge in [0.05, 0.1) is 0 Å². The lowest BCUT2D eigenvalue weighted by molar-refractivity contribution is 0.399. The summed E-state index contributed by atoms with van der Waals surface area (Å²) in [5, 5.41) is 1.39. The maximum Gasteiger partial charge on any atom is 0.0459 e. The zero-order valence-electron chi connectivity index (χ0n) is 12.9. The largest absolute Gasteiger partial charge is 0.358 e. The average molecular weight is 258 g/mol. The van der Waals surface area contributed by atoms with Crippen LogP contribution in [0.1, 0.15) is 38.4 Å². The minimum atomic E-state index is 0.173. The van der Waals surface area contributed by atoms with E-state index in [9.17, 15) is 0 Å². The number of aromatic nitrogens is 1. The summed E-state index contributed by atoms with van der Waals surface area (Å²) in [5.41, 5.74) is 4.34. The first-order chi connectivity index (χ1) is 8.89. The molecule has 0 amide bonds. The van der Waals surface area contributed by atoms with E-state index in [1.165, 1.54) is 28.6 Å². The van der Waals surface area contributed by atoms with E-state index in [1.54, 1.807) is 0 Å². The molecular weight excluding hydrogens is 232 g/mol. The van der Waals surface area contributed by atoms with Crippen LogP contribution in [0.2, 0.25) is 0 Å². The maximum atomic E-state index is 3.63. The van der Waals surface area contributed by atoms with E-state index in [2.05, 4.69) is 69.0 Å². The fourth-order valence-electron chi connectivity index (χ4n) is 2.67. The van der Waals surface area contributed by atoms with Crippen molar-refractivity contribution in [3.05, 3.63) is 35.5 Å². The van der Waals surface area contributed by atoms with Gasteiger partial charge in [-0.15, -0.1) is 0 Å². The van der Waals surface area contributed by atoms with Crippen LogP contribution in [0.25, 0.3) is 10.9 Å². The Kier molecular flexibility index (Phi) is 4.00. The third kappa shape index (κ3) is 3.19. The van der Waals surface area contributed by atoms with Crippen LogP contribution in [-0.4, -0.2) is 30.5 Å². The molecule has 0 atom stereocenters. The number of rotatable bonds is 4. The van der Waals surface area contributed by atoms with Crippen LogP contribution in [0.3, 0.4) is 0 Å². The highest BCUT2D eigenvalue weighted by molar-refractivity contribution is 5.85. The second kappa shape index (κ2) is 5.38. The van der Waals surface area contributed by atoms with Crippen molar-refractivity contribution in [1.29, 1.82) is 0 Å². The summed E-state index contributed by atoms with van der Waals surface area (Å²) in [6, 6.07) is 8.67. The molecule has 19 heavy (non-hydrogen) atoms. The molecule has 0 fully saturated rings. The highest BCUT2D eigenvalue weighted by atomic mass is 15.0. The van der Waals surface area contributed by atoms with Crippen LogP contribution < -0.4 is 0 Å². The van der Waals surface area contributed by atoms with Crippen molar-refractivity contribution in [2.75, 3.05) is 20.6 Å². The summed E-state index contributed by atoms with van der Waals surface area (Å²) < 4.78 is 0. The Labute approximate surface area is 116 Å². The Bertz CT molecular complexity index is 544. The lowest BCUT2D eigenvalue weighted by Gasteiger charge is -2.20. The summed E-state index contributed by atoms with van der Waals surface area (Å²) in [6.45, 7) is 8.00. The summed E-state index contributed by atoms with van der Waals surface area (Å²) in [5.74, 6) is 0. The summed E-state index contributed by atoms with van der Waals surface area (Å²) in [7, 11) is 4.28. The molecule has 0 aliphatic heterocycles. The minimum absolute atomic E-state index is 0.173. The standard InChI is InChI=1S/C17H26N2/c1-17(2,3)16-14(10-8-12-19(4)5)13-9-6-7-11-15(13)18-16/h6-7,9,11,18H,8,10,12H2,1-5H3. The minimum Gasteiger partial charge on any atom is -0.358 e. The van der Waals surface area contributed by atoms with Crippen LogP contribution in [0.5, 0.6) is 0 Å². The van der Waals surface area contributed by atoms with Gasteiger partial charge in [0.25, 0.3) is 0 Å². The zero-order chi connectivity index (χ0) is 14.0. The van der Waals surface area contributed by atoms with Crippen molar-refractivity contribution in [1.82, 2.24) is 9.88 Å². The van der Waals surface area contributed by atoms with Gasteiger partial charge in [0.2, 0.25) is 0 Å². The molecule has 0 unspecified atom stereocenters. The zero-order valence-corrected chi connectivity index (χ0v) is 12.9. The lowest BCUT2D eigenvalue weighted by atomic mass is 9.87. The molecule has 2 nitrogen and oxygen atoms in total. The fourth-order valence-corrected chi connectivity index (χ4v) is 2.67. The van der Waals surface area contributed by atoms with E-state index in [1.807, 2.05) is 0 Å². The molecule has 0 saturated carbocycles. The Hall–Kier alpha value is -1.28. The number of H-pyrrole nitrogens is 1. The molecule has 0 aliphatic carbocycles. The van der Waals surface area contributed by atoms with Crippen molar-refractivity contribution in [3.8, 4) is 0 Å². The first-order valence-corrected chi connectivity index (χ1v) is 7.14. The predicted molar refractivity (Wildman–Crippen MR) is 83.9 cm³/mol. The smallest absolute Gasteiger partial charge is 0.0459 e. The lowest BCUT2D eigenvalue weighted by Crippen LogP contribution is -2.16. The topological polar surface area (TPSA) is 19.0 Å². The number of nitrogens with zero attached hydrogens (tertiary/aromatic N) is 1. The summed E-state index contributed by atoms with van der Waals surface area (Å²) in [4.78, 5) is 5.88. The number of nitrogens with one attached hydrogen (secondary N) is 1. The molecule has 1 heterocycles. The van der Waals surface area contributed by atoms with Gasteiger partial charge in [0.15, 0.2) is 0 Å². The van der Waals surface area contributed by atoms with Crippen LogP contribution >= 0.6 is 0 Å². The molecule has 1 aromatic carbocycles. The van der Waals surface area contributed by atoms with E-state index in [0.29, 0.717) is 0 Å². The molecule has 2 rings (SSSR count). The number of fused-ring (bicyclic) bond motifs is 1. The third-order valence-electron chi connectivity index (χ3n) is 3.60. The van der Waals surface area contributed by atoms with Gasteiger partial charge in [-0.1, -0.05) is 39.0 Å². The Morgan fingerprint density at radius 2 is 1.79 bits per heavy atom. The predicted octanol–water partition coefficient (Wildman–Crippen LogP) is 3.96. The summed E-state index contributed by atoms with van der Waals surface area (Å²) in [6.07, 6.45) is 2.35. The van der Waals surface area contributed by atoms with Crippen molar-refractivity contribution < 1.29 is 0 Å². The molecule has 1 N–H and O–H groups in total. The van der Waals surface area contributed by atoms with Crippen LogP contribution in [0, 0.1) is 0 Å². The molecule has 2 aromatic rings. The first-order valence-electron chi connectivity index (χ1n) is 7.14. The van der Waals surface area contributed by atoms with E-state index in [-0.39, 0.29) is 5.41 Å². The molecule has 104 valence electrons. The van der Waals surface area contributed by atoms with E-state index < -0.39 is 0 Å². The number of hydrogen-bond acceptors (Lipinski definition) is 1. The first kappa shape index (κ1) is 14.1. The van der Waals surface area contributed by atoms with Gasteiger partial charge in [-0.2, -0.15) is 0 Å². The molecule has 0 spiro atoms. The molecule has 0 saturated heterocycles. The van der Waals surface area contributed by atoms with E-state index in [4.69, 9.17) is 0 Å². The normalized spacial score (nSPS) is 12.5. The molecular formula is C17H26N2. The second-order valence-electron chi connectivity index (χ2n) is 6.68. The third-order valence-corrected chi connectivity index (χ3v) is 3.60. The average Bonchev–Trinajstić information content (AvgIpc) is 2.68. The second-order valence-corrected chi connectivity index (χ2v) is 6.68. The number of para-hydroxylation sites is 1. The van der Waals surface area contributed by atoms with Crippen LogP contribution in [-0.2, 0) is 11.8 Å². The highest BCUT2D eigenvalue weighted by Gasteiger charge is 2.21. The van der Waals surface area contributed by atoms with Gasteiger partial charge in [-0.3, -0.25) is 0 Å². The Balaban J connectivity index is 2.37. The highest BCUT2D eigenvalue weighted by Crippen LogP contribution is 2.32. The van der Waals surface area contributed by atoms with Crippen molar-refractivity contribution in [2.45, 2.75) is 39.0 Å². The monoisotopic (exact) mass is 258 g/mol. The van der Waals surface area contributed by atoms with Gasteiger partial charge in [-0.05, 0) is 45.1 Å². The van der Waals surface area contributed by atoms with Crippen LogP contribution in [0.15, 0.2) is 24.3 Å². The molecule has 0 aliphatic rings. The summed E-state index contributed by atoms with van der Waals surface area (Å²) >= 11 is 0. The van der Waals surface area contributed by atoms with Crippen LogP contribution in [0.4, 0.5) is 0 Å². The van der Waals surface area contributed by atoms with Gasteiger partial charge in [0.1, 0.15) is 0 Å². The SMILES string of the molecule is CN(C)CCCc1c(C(C)(C)C)[nH]c2ccccc12. The van der Waals surface area contributed by atoms with E-state index in [0.717, 1.165) is 13.0 Å². The van der Waals surface area contributed by atoms with Gasteiger partial charge in [-0.25, -0.2) is 0 Å². The Morgan fingerprint density at radius 1 is 1.11 bits per heavy atom. The van der Waals surface area contributed by atoms with Crippen molar-refractivity contribution >= 4 is 10.9 Å². The number of benzene rings is 1. The molecule has 0 bridgehead atoms. The number of aromatic amines is 1. The molecule has 0 radical (unpaired) electrons. The molecule has 2 heteroatoms.